The SMILES string of the molecule is Cc1cccc(C)c1NC(=O)c1cccc(CN2C(=O)CSC2=O)c1. The molecule has 6 heteroatoms. The van der Waals surface area contributed by atoms with E-state index in [0.29, 0.717) is 5.56 Å². The Morgan fingerprint density at radius 1 is 1.12 bits per heavy atom. The third-order valence-corrected chi connectivity index (χ3v) is 4.95. The van der Waals surface area contributed by atoms with Crippen LogP contribution >= 0.6 is 11.8 Å². The average Bonchev–Trinajstić information content (AvgIpc) is 2.90. The number of hydrogen-bond donors (Lipinski definition) is 1. The Bertz CT molecular complexity index is 827. The summed E-state index contributed by atoms with van der Waals surface area (Å²) in [6.45, 7) is 4.08. The number of benzene rings is 2. The summed E-state index contributed by atoms with van der Waals surface area (Å²) in [5, 5.41) is 2.70. The zero-order valence-electron chi connectivity index (χ0n) is 14.0. The molecule has 0 aliphatic carbocycles. The number of nitrogens with zero attached hydrogens (tertiary/aromatic N) is 1. The highest BCUT2D eigenvalue weighted by Gasteiger charge is 2.29. The van der Waals surface area contributed by atoms with Crippen LogP contribution in [0, 0.1) is 13.8 Å². The van der Waals surface area contributed by atoms with Crippen molar-refractivity contribution in [3.8, 4) is 0 Å². The number of nitrogens with one attached hydrogen (secondary N) is 1. The van der Waals surface area contributed by atoms with Crippen LogP contribution in [-0.4, -0.2) is 27.7 Å². The van der Waals surface area contributed by atoms with Crippen molar-refractivity contribution in [2.24, 2.45) is 0 Å². The predicted octanol–water partition coefficient (Wildman–Crippen LogP) is 3.75. The van der Waals surface area contributed by atoms with Crippen LogP contribution < -0.4 is 5.32 Å². The van der Waals surface area contributed by atoms with Gasteiger partial charge >= 0.3 is 0 Å². The van der Waals surface area contributed by atoms with Gasteiger partial charge in [0.05, 0.1) is 12.3 Å². The van der Waals surface area contributed by atoms with Crippen LogP contribution in [0.4, 0.5) is 10.5 Å². The molecule has 0 atom stereocenters. The first kappa shape index (κ1) is 17.2. The largest absolute Gasteiger partial charge is 0.322 e. The molecule has 2 aromatic rings. The third-order valence-electron chi connectivity index (χ3n) is 4.09. The lowest BCUT2D eigenvalue weighted by Crippen LogP contribution is -2.28. The predicted molar refractivity (Wildman–Crippen MR) is 98.7 cm³/mol. The molecule has 5 nitrogen and oxygen atoms in total. The normalized spacial score (nSPS) is 14.1. The Hall–Kier alpha value is -2.60. The minimum Gasteiger partial charge on any atom is -0.322 e. The minimum atomic E-state index is -0.240. The molecule has 1 aliphatic heterocycles. The number of aryl methyl sites for hydroxylation is 2. The third kappa shape index (κ3) is 3.74. The van der Waals surface area contributed by atoms with Crippen molar-refractivity contribution in [3.63, 3.8) is 0 Å². The van der Waals surface area contributed by atoms with E-state index in [-0.39, 0.29) is 29.4 Å². The zero-order valence-corrected chi connectivity index (χ0v) is 14.9. The highest BCUT2D eigenvalue weighted by atomic mass is 32.2. The van der Waals surface area contributed by atoms with Crippen LogP contribution in [0.1, 0.15) is 27.0 Å². The van der Waals surface area contributed by atoms with Crippen molar-refractivity contribution in [1.29, 1.82) is 0 Å². The molecule has 2 aromatic carbocycles. The second-order valence-corrected chi connectivity index (χ2v) is 6.88. The summed E-state index contributed by atoms with van der Waals surface area (Å²) in [5.41, 5.74) is 4.04. The van der Waals surface area contributed by atoms with Gasteiger partial charge in [-0.1, -0.05) is 42.1 Å². The molecular weight excluding hydrogens is 336 g/mol. The first-order chi connectivity index (χ1) is 12.0. The van der Waals surface area contributed by atoms with Gasteiger partial charge in [-0.3, -0.25) is 19.3 Å². The van der Waals surface area contributed by atoms with Crippen molar-refractivity contribution >= 4 is 34.5 Å². The molecule has 25 heavy (non-hydrogen) atoms. The van der Waals surface area contributed by atoms with E-state index < -0.39 is 0 Å². The summed E-state index contributed by atoms with van der Waals surface area (Å²) in [6.07, 6.45) is 0. The lowest BCUT2D eigenvalue weighted by atomic mass is 10.1. The van der Waals surface area contributed by atoms with Crippen molar-refractivity contribution in [2.75, 3.05) is 11.1 Å². The Balaban J connectivity index is 1.78. The van der Waals surface area contributed by atoms with Gasteiger partial charge in [0.15, 0.2) is 0 Å². The molecular formula is C19H18N2O3S. The van der Waals surface area contributed by atoms with Crippen LogP contribution in [0.3, 0.4) is 0 Å². The second-order valence-electron chi connectivity index (χ2n) is 5.96. The lowest BCUT2D eigenvalue weighted by Gasteiger charge is -2.14. The molecule has 1 fully saturated rings. The molecule has 3 rings (SSSR count). The Morgan fingerprint density at radius 2 is 1.80 bits per heavy atom. The number of carbonyl (C=O) groups is 3. The van der Waals surface area contributed by atoms with Gasteiger partial charge < -0.3 is 5.32 Å². The molecule has 1 aliphatic rings. The van der Waals surface area contributed by atoms with E-state index in [1.165, 1.54) is 4.90 Å². The van der Waals surface area contributed by atoms with E-state index in [1.54, 1.807) is 24.3 Å². The highest BCUT2D eigenvalue weighted by molar-refractivity contribution is 8.14. The van der Waals surface area contributed by atoms with Crippen LogP contribution in [0.15, 0.2) is 42.5 Å². The van der Waals surface area contributed by atoms with Crippen LogP contribution in [0.5, 0.6) is 0 Å². The van der Waals surface area contributed by atoms with Gasteiger partial charge in [0.2, 0.25) is 5.91 Å². The molecule has 0 aromatic heterocycles. The Morgan fingerprint density at radius 3 is 2.44 bits per heavy atom. The summed E-state index contributed by atoms with van der Waals surface area (Å²) in [5.74, 6) is -0.223. The monoisotopic (exact) mass is 354 g/mol. The zero-order chi connectivity index (χ0) is 18.0. The molecule has 0 radical (unpaired) electrons. The van der Waals surface area contributed by atoms with Gasteiger partial charge in [-0.15, -0.1) is 0 Å². The molecule has 0 spiro atoms. The number of hydrogen-bond acceptors (Lipinski definition) is 4. The van der Waals surface area contributed by atoms with Gasteiger partial charge in [-0.2, -0.15) is 0 Å². The maximum atomic E-state index is 12.6. The summed E-state index contributed by atoms with van der Waals surface area (Å²) in [7, 11) is 0. The summed E-state index contributed by atoms with van der Waals surface area (Å²) in [6, 6.07) is 12.8. The van der Waals surface area contributed by atoms with E-state index in [9.17, 15) is 14.4 Å². The van der Waals surface area contributed by atoms with E-state index >= 15 is 0 Å². The number of amides is 3. The standard InChI is InChI=1S/C19H18N2O3S/c1-12-5-3-6-13(2)17(12)20-18(23)15-8-4-7-14(9-15)10-21-16(22)11-25-19(21)24/h3-9H,10-11H2,1-2H3,(H,20,23). The van der Waals surface area contributed by atoms with Crippen molar-refractivity contribution in [2.45, 2.75) is 20.4 Å². The Labute approximate surface area is 150 Å². The Kier molecular flexibility index (Phi) is 4.90. The first-order valence-electron chi connectivity index (χ1n) is 7.89. The lowest BCUT2D eigenvalue weighted by molar-refractivity contribution is -0.125. The second kappa shape index (κ2) is 7.11. The van der Waals surface area contributed by atoms with Gasteiger partial charge in [0.1, 0.15) is 0 Å². The average molecular weight is 354 g/mol. The first-order valence-corrected chi connectivity index (χ1v) is 8.88. The van der Waals surface area contributed by atoms with Crippen LogP contribution in [0.25, 0.3) is 0 Å². The van der Waals surface area contributed by atoms with Gasteiger partial charge in [0, 0.05) is 11.3 Å². The number of thioether (sulfide) groups is 1. The summed E-state index contributed by atoms with van der Waals surface area (Å²) < 4.78 is 0. The maximum absolute atomic E-state index is 12.6. The maximum Gasteiger partial charge on any atom is 0.289 e. The fraction of sp³-hybridized carbons (Fsp3) is 0.211. The molecule has 3 amide bonds. The van der Waals surface area contributed by atoms with E-state index in [2.05, 4.69) is 5.32 Å². The fourth-order valence-corrected chi connectivity index (χ4v) is 3.45. The minimum absolute atomic E-state index is 0.186. The highest BCUT2D eigenvalue weighted by Crippen LogP contribution is 2.23. The van der Waals surface area contributed by atoms with Crippen molar-refractivity contribution < 1.29 is 14.4 Å². The van der Waals surface area contributed by atoms with Gasteiger partial charge in [-0.05, 0) is 42.7 Å². The van der Waals surface area contributed by atoms with Crippen molar-refractivity contribution in [3.05, 3.63) is 64.7 Å². The van der Waals surface area contributed by atoms with Gasteiger partial charge in [0.25, 0.3) is 11.1 Å². The van der Waals surface area contributed by atoms with Gasteiger partial charge in [-0.25, -0.2) is 0 Å². The number of para-hydroxylation sites is 1. The summed E-state index contributed by atoms with van der Waals surface area (Å²) >= 11 is 1.01. The number of anilines is 1. The number of rotatable bonds is 4. The molecule has 1 N–H and O–H groups in total. The van der Waals surface area contributed by atoms with Crippen molar-refractivity contribution in [1.82, 2.24) is 4.90 Å². The smallest absolute Gasteiger partial charge is 0.289 e. The molecule has 0 saturated carbocycles. The number of carbonyl (C=O) groups excluding carboxylic acids is 3. The van der Waals surface area contributed by atoms with Crippen LogP contribution in [-0.2, 0) is 11.3 Å². The molecule has 0 bridgehead atoms. The molecule has 0 unspecified atom stereocenters. The van der Waals surface area contributed by atoms with Crippen LogP contribution in [0.2, 0.25) is 0 Å². The molecule has 1 heterocycles. The topological polar surface area (TPSA) is 66.5 Å². The van der Waals surface area contributed by atoms with E-state index in [4.69, 9.17) is 0 Å². The van der Waals surface area contributed by atoms with E-state index in [1.807, 2.05) is 32.0 Å². The summed E-state index contributed by atoms with van der Waals surface area (Å²) in [4.78, 5) is 37.2. The quantitative estimate of drug-likeness (QED) is 0.908. The fourth-order valence-electron chi connectivity index (χ4n) is 2.72. The number of imide groups is 1. The molecule has 128 valence electrons. The molecule has 1 saturated heterocycles. The van der Waals surface area contributed by atoms with E-state index in [0.717, 1.165) is 34.1 Å².